The van der Waals surface area contributed by atoms with Crippen molar-refractivity contribution in [2.24, 2.45) is 11.1 Å². The summed E-state index contributed by atoms with van der Waals surface area (Å²) in [7, 11) is 0. The van der Waals surface area contributed by atoms with Crippen LogP contribution in [-0.2, 0) is 17.6 Å². The van der Waals surface area contributed by atoms with E-state index in [9.17, 15) is 0 Å². The molecule has 2 aliphatic heterocycles. The highest BCUT2D eigenvalue weighted by molar-refractivity contribution is 8.00. The molecule has 1 unspecified atom stereocenters. The Hall–Kier alpha value is -1.34. The van der Waals surface area contributed by atoms with Crippen LogP contribution < -0.4 is 14.2 Å². The SMILES string of the molecule is CCc1ccc2c(c1)CCC(CC)N2Sc1ccc(OCC2CCOCC2)c(SN)c1. The van der Waals surface area contributed by atoms with Crippen molar-refractivity contribution in [1.82, 2.24) is 0 Å². The van der Waals surface area contributed by atoms with Gasteiger partial charge in [0.05, 0.1) is 17.2 Å². The maximum Gasteiger partial charge on any atom is 0.134 e. The van der Waals surface area contributed by atoms with Crippen LogP contribution >= 0.6 is 23.9 Å². The van der Waals surface area contributed by atoms with Crippen molar-refractivity contribution in [2.75, 3.05) is 24.1 Å². The first-order valence-electron chi connectivity index (χ1n) is 11.5. The van der Waals surface area contributed by atoms with Gasteiger partial charge in [-0.2, -0.15) is 0 Å². The number of nitrogens with two attached hydrogens (primary N) is 1. The van der Waals surface area contributed by atoms with E-state index in [0.29, 0.717) is 12.0 Å². The van der Waals surface area contributed by atoms with Gasteiger partial charge in [0.1, 0.15) is 5.75 Å². The van der Waals surface area contributed by atoms with Crippen LogP contribution in [0.5, 0.6) is 5.75 Å². The van der Waals surface area contributed by atoms with Gasteiger partial charge in [-0.05, 0) is 104 Å². The molecule has 4 nitrogen and oxygen atoms in total. The van der Waals surface area contributed by atoms with Crippen molar-refractivity contribution in [1.29, 1.82) is 0 Å². The number of benzene rings is 2. The highest BCUT2D eigenvalue weighted by Gasteiger charge is 2.26. The molecule has 2 aromatic carbocycles. The maximum atomic E-state index is 6.16. The van der Waals surface area contributed by atoms with Crippen LogP contribution in [0, 0.1) is 5.92 Å². The zero-order valence-electron chi connectivity index (χ0n) is 18.6. The predicted octanol–water partition coefficient (Wildman–Crippen LogP) is 6.26. The Balaban J connectivity index is 1.50. The molecule has 0 saturated carbocycles. The summed E-state index contributed by atoms with van der Waals surface area (Å²) >= 11 is 3.10. The lowest BCUT2D eigenvalue weighted by Gasteiger charge is -2.37. The van der Waals surface area contributed by atoms with Gasteiger partial charge in [-0.15, -0.1) is 0 Å². The van der Waals surface area contributed by atoms with Crippen molar-refractivity contribution in [2.45, 2.75) is 68.2 Å². The van der Waals surface area contributed by atoms with Crippen LogP contribution in [-0.4, -0.2) is 25.9 Å². The number of rotatable bonds is 8. The molecule has 168 valence electrons. The summed E-state index contributed by atoms with van der Waals surface area (Å²) in [6.45, 7) is 6.94. The smallest absolute Gasteiger partial charge is 0.134 e. The van der Waals surface area contributed by atoms with Crippen molar-refractivity contribution < 1.29 is 9.47 Å². The van der Waals surface area contributed by atoms with Gasteiger partial charge in [0, 0.05) is 24.2 Å². The zero-order valence-corrected chi connectivity index (χ0v) is 20.3. The molecule has 2 aliphatic rings. The normalized spacial score (nSPS) is 19.3. The van der Waals surface area contributed by atoms with E-state index in [0.717, 1.165) is 56.1 Å². The van der Waals surface area contributed by atoms with E-state index in [-0.39, 0.29) is 0 Å². The van der Waals surface area contributed by atoms with Gasteiger partial charge in [-0.25, -0.2) is 0 Å². The molecule has 1 atom stereocenters. The molecule has 0 aromatic heterocycles. The van der Waals surface area contributed by atoms with Crippen LogP contribution in [0.15, 0.2) is 46.2 Å². The number of hydrogen-bond acceptors (Lipinski definition) is 6. The van der Waals surface area contributed by atoms with Gasteiger partial charge in [-0.1, -0.05) is 26.0 Å². The minimum atomic E-state index is 0.545. The average Bonchev–Trinajstić information content (AvgIpc) is 2.83. The Morgan fingerprint density at radius 3 is 2.68 bits per heavy atom. The Morgan fingerprint density at radius 2 is 1.94 bits per heavy atom. The standard InChI is InChI=1S/C25H34N2O2S2/c1-3-18-5-9-23-20(15-18)6-7-21(4-2)27(23)31-22-8-10-24(25(16-22)30-26)29-17-19-11-13-28-14-12-19/h5,8-10,15-16,19,21H,3-4,6-7,11-14,17,26H2,1-2H3. The third kappa shape index (κ3) is 5.54. The molecule has 31 heavy (non-hydrogen) atoms. The lowest BCUT2D eigenvalue weighted by atomic mass is 9.94. The van der Waals surface area contributed by atoms with Gasteiger partial charge < -0.3 is 13.8 Å². The Morgan fingerprint density at radius 1 is 1.10 bits per heavy atom. The fourth-order valence-electron chi connectivity index (χ4n) is 4.39. The second-order valence-electron chi connectivity index (χ2n) is 8.43. The van der Waals surface area contributed by atoms with Crippen LogP contribution in [0.2, 0.25) is 0 Å². The molecular formula is C25H34N2O2S2. The molecular weight excluding hydrogens is 424 g/mol. The molecule has 0 amide bonds. The van der Waals surface area contributed by atoms with E-state index < -0.39 is 0 Å². The van der Waals surface area contributed by atoms with Gasteiger partial charge in [-0.3, -0.25) is 5.14 Å². The zero-order chi connectivity index (χ0) is 21.6. The Kier molecular flexibility index (Phi) is 8.10. The summed E-state index contributed by atoms with van der Waals surface area (Å²) in [5.74, 6) is 1.46. The summed E-state index contributed by atoms with van der Waals surface area (Å²) in [6.07, 6.45) is 6.75. The number of nitrogens with zero attached hydrogens (tertiary/aromatic N) is 1. The molecule has 0 aliphatic carbocycles. The van der Waals surface area contributed by atoms with E-state index in [1.807, 2.05) is 11.9 Å². The molecule has 4 rings (SSSR count). The van der Waals surface area contributed by atoms with Crippen molar-refractivity contribution >= 4 is 29.6 Å². The fraction of sp³-hybridized carbons (Fsp3) is 0.520. The monoisotopic (exact) mass is 458 g/mol. The minimum Gasteiger partial charge on any atom is -0.492 e. The Bertz CT molecular complexity index is 871. The molecule has 1 saturated heterocycles. The van der Waals surface area contributed by atoms with Crippen molar-refractivity contribution in [3.05, 3.63) is 47.5 Å². The van der Waals surface area contributed by atoms with E-state index in [1.54, 1.807) is 0 Å². The van der Waals surface area contributed by atoms with E-state index >= 15 is 0 Å². The van der Waals surface area contributed by atoms with Gasteiger partial charge in [0.15, 0.2) is 0 Å². The first-order chi connectivity index (χ1) is 15.2. The molecule has 2 N–H and O–H groups in total. The molecule has 0 radical (unpaired) electrons. The molecule has 2 aromatic rings. The largest absolute Gasteiger partial charge is 0.492 e. The van der Waals surface area contributed by atoms with Gasteiger partial charge >= 0.3 is 0 Å². The molecule has 6 heteroatoms. The molecule has 0 bridgehead atoms. The predicted molar refractivity (Wildman–Crippen MR) is 132 cm³/mol. The lowest BCUT2D eigenvalue weighted by molar-refractivity contribution is 0.0493. The van der Waals surface area contributed by atoms with E-state index in [1.165, 1.54) is 46.5 Å². The summed E-state index contributed by atoms with van der Waals surface area (Å²) in [6, 6.07) is 14.0. The summed E-state index contributed by atoms with van der Waals surface area (Å²) in [4.78, 5) is 2.21. The second-order valence-corrected chi connectivity index (χ2v) is 10.2. The third-order valence-corrected chi connectivity index (χ3v) is 8.13. The average molecular weight is 459 g/mol. The summed E-state index contributed by atoms with van der Waals surface area (Å²) in [5, 5.41) is 6.02. The van der Waals surface area contributed by atoms with Gasteiger partial charge in [0.2, 0.25) is 0 Å². The van der Waals surface area contributed by atoms with Crippen molar-refractivity contribution in [3.8, 4) is 5.75 Å². The minimum absolute atomic E-state index is 0.545. The van der Waals surface area contributed by atoms with Crippen LogP contribution in [0.25, 0.3) is 0 Å². The van der Waals surface area contributed by atoms with Crippen LogP contribution in [0.3, 0.4) is 0 Å². The van der Waals surface area contributed by atoms with E-state index in [4.69, 9.17) is 14.6 Å². The topological polar surface area (TPSA) is 47.7 Å². The van der Waals surface area contributed by atoms with E-state index in [2.05, 4.69) is 54.6 Å². The van der Waals surface area contributed by atoms with Crippen LogP contribution in [0.1, 0.15) is 50.7 Å². The van der Waals surface area contributed by atoms with Crippen molar-refractivity contribution in [3.63, 3.8) is 0 Å². The first kappa shape index (κ1) is 22.8. The number of ether oxygens (including phenoxy) is 2. The highest BCUT2D eigenvalue weighted by Crippen LogP contribution is 2.41. The number of hydrogen-bond donors (Lipinski definition) is 1. The maximum absolute atomic E-state index is 6.16. The second kappa shape index (κ2) is 11.0. The van der Waals surface area contributed by atoms with Gasteiger partial charge in [0.25, 0.3) is 0 Å². The molecule has 1 fully saturated rings. The highest BCUT2D eigenvalue weighted by atomic mass is 32.2. The number of fused-ring (bicyclic) bond motifs is 1. The summed E-state index contributed by atoms with van der Waals surface area (Å²) < 4.78 is 14.1. The van der Waals surface area contributed by atoms with Crippen LogP contribution in [0.4, 0.5) is 5.69 Å². The Labute approximate surface area is 195 Å². The number of anilines is 1. The molecule has 2 heterocycles. The lowest BCUT2D eigenvalue weighted by Crippen LogP contribution is -2.33. The third-order valence-electron chi connectivity index (χ3n) is 6.40. The summed E-state index contributed by atoms with van der Waals surface area (Å²) in [5.41, 5.74) is 4.26. The number of aryl methyl sites for hydroxylation is 2. The fourth-order valence-corrected chi connectivity index (χ4v) is 6.11. The molecule has 0 spiro atoms. The quantitative estimate of drug-likeness (QED) is 0.471. The first-order valence-corrected chi connectivity index (χ1v) is 13.2.